The molecule has 0 aromatic carbocycles. The van der Waals surface area contributed by atoms with Crippen LogP contribution in [0, 0.1) is 6.92 Å². The minimum Gasteiger partial charge on any atom is -0.391 e. The standard InChI is InChI=1S/C12H24O2/c1-2-3-4-5-6-7-8-9-10-12(14)11-13/h12,14H,1-11H2. The lowest BCUT2D eigenvalue weighted by atomic mass is 10.1. The van der Waals surface area contributed by atoms with E-state index in [0.29, 0.717) is 6.42 Å². The van der Waals surface area contributed by atoms with Crippen molar-refractivity contribution >= 4 is 0 Å². The Morgan fingerprint density at radius 3 is 1.93 bits per heavy atom. The molecule has 0 spiro atoms. The van der Waals surface area contributed by atoms with Crippen molar-refractivity contribution in [3.8, 4) is 0 Å². The predicted molar refractivity (Wildman–Crippen MR) is 58.5 cm³/mol. The van der Waals surface area contributed by atoms with Crippen LogP contribution in [0.4, 0.5) is 0 Å². The summed E-state index contributed by atoms with van der Waals surface area (Å²) in [5.74, 6) is 0. The molecule has 0 aliphatic heterocycles. The lowest BCUT2D eigenvalue weighted by Crippen LogP contribution is -2.09. The van der Waals surface area contributed by atoms with Gasteiger partial charge in [0.1, 0.15) is 6.61 Å². The summed E-state index contributed by atoms with van der Waals surface area (Å²) in [6.07, 6.45) is 9.65. The molecule has 0 bridgehead atoms. The highest BCUT2D eigenvalue weighted by Gasteiger charge is 2.01. The van der Waals surface area contributed by atoms with Crippen LogP contribution < -0.4 is 0 Å². The molecule has 0 fully saturated rings. The van der Waals surface area contributed by atoms with Crippen LogP contribution in [0.3, 0.4) is 0 Å². The zero-order valence-corrected chi connectivity index (χ0v) is 9.21. The van der Waals surface area contributed by atoms with E-state index < -0.39 is 6.10 Å². The average molecular weight is 200 g/mol. The molecule has 0 amide bonds. The fourth-order valence-electron chi connectivity index (χ4n) is 1.52. The first-order chi connectivity index (χ1) is 6.81. The summed E-state index contributed by atoms with van der Waals surface area (Å²) in [6.45, 7) is 3.46. The Morgan fingerprint density at radius 1 is 0.929 bits per heavy atom. The Kier molecular flexibility index (Phi) is 10.9. The van der Waals surface area contributed by atoms with Crippen molar-refractivity contribution in [3.05, 3.63) is 6.92 Å². The molecule has 0 aromatic rings. The fraction of sp³-hybridized carbons (Fsp3) is 0.917. The van der Waals surface area contributed by atoms with Gasteiger partial charge in [0.25, 0.3) is 0 Å². The predicted octanol–water partition coefficient (Wildman–Crippen LogP) is 3.12. The van der Waals surface area contributed by atoms with Crippen LogP contribution in [0.5, 0.6) is 0 Å². The molecule has 14 heavy (non-hydrogen) atoms. The molecule has 1 atom stereocenters. The third-order valence-corrected chi connectivity index (χ3v) is 2.48. The van der Waals surface area contributed by atoms with Gasteiger partial charge in [-0.3, -0.25) is 0 Å². The number of aliphatic hydroxyl groups is 1. The second-order valence-corrected chi connectivity index (χ2v) is 3.94. The first-order valence-corrected chi connectivity index (χ1v) is 5.86. The van der Waals surface area contributed by atoms with Crippen LogP contribution in [0.1, 0.15) is 57.8 Å². The number of hydrogen-bond donors (Lipinski definition) is 1. The Bertz CT molecular complexity index is 104. The van der Waals surface area contributed by atoms with Gasteiger partial charge in [-0.1, -0.05) is 58.3 Å². The fourth-order valence-corrected chi connectivity index (χ4v) is 1.52. The van der Waals surface area contributed by atoms with Crippen LogP contribution >= 0.6 is 0 Å². The third-order valence-electron chi connectivity index (χ3n) is 2.48. The summed E-state index contributed by atoms with van der Waals surface area (Å²) < 4.78 is 0. The molecule has 1 unspecified atom stereocenters. The Labute approximate surface area is 88.3 Å². The summed E-state index contributed by atoms with van der Waals surface area (Å²) in [7, 11) is 0. The smallest absolute Gasteiger partial charge is 0.108 e. The van der Waals surface area contributed by atoms with Crippen LogP contribution in [0.25, 0.3) is 0 Å². The third kappa shape index (κ3) is 10.0. The maximum atomic E-state index is 10.2. The molecule has 2 heteroatoms. The number of unbranched alkanes of at least 4 members (excludes halogenated alkanes) is 7. The van der Waals surface area contributed by atoms with E-state index in [2.05, 4.69) is 6.92 Å². The van der Waals surface area contributed by atoms with Crippen molar-refractivity contribution < 1.29 is 10.2 Å². The summed E-state index contributed by atoms with van der Waals surface area (Å²) in [5.41, 5.74) is 0. The van der Waals surface area contributed by atoms with Crippen molar-refractivity contribution in [2.24, 2.45) is 0 Å². The highest BCUT2D eigenvalue weighted by molar-refractivity contribution is 4.53. The Hall–Kier alpha value is -0.0800. The molecule has 0 saturated carbocycles. The molecule has 0 saturated heterocycles. The first-order valence-electron chi connectivity index (χ1n) is 5.86. The van der Waals surface area contributed by atoms with Gasteiger partial charge in [-0.15, -0.1) is 0 Å². The minimum atomic E-state index is -0.610. The van der Waals surface area contributed by atoms with Crippen LogP contribution in [-0.4, -0.2) is 17.8 Å². The van der Waals surface area contributed by atoms with Gasteiger partial charge in [-0.05, 0) is 6.42 Å². The highest BCUT2D eigenvalue weighted by atomic mass is 16.3. The molecule has 2 radical (unpaired) electrons. The molecule has 0 aliphatic rings. The Balaban J connectivity index is 2.92. The van der Waals surface area contributed by atoms with E-state index in [4.69, 9.17) is 5.11 Å². The zero-order valence-electron chi connectivity index (χ0n) is 9.21. The molecule has 1 N–H and O–H groups in total. The Morgan fingerprint density at radius 2 is 1.43 bits per heavy atom. The van der Waals surface area contributed by atoms with Gasteiger partial charge < -0.3 is 5.11 Å². The van der Waals surface area contributed by atoms with E-state index in [-0.39, 0.29) is 6.61 Å². The SMILES string of the molecule is [CH2]CCCCCCCCCC(O)C[O]. The van der Waals surface area contributed by atoms with Crippen molar-refractivity contribution in [1.29, 1.82) is 0 Å². The summed E-state index contributed by atoms with van der Waals surface area (Å²) >= 11 is 0. The van der Waals surface area contributed by atoms with Crippen molar-refractivity contribution in [2.45, 2.75) is 63.9 Å². The maximum Gasteiger partial charge on any atom is 0.108 e. The van der Waals surface area contributed by atoms with Gasteiger partial charge in [-0.2, -0.15) is 0 Å². The molecular weight excluding hydrogens is 176 g/mol. The molecular formula is C12H24O2. The second-order valence-electron chi connectivity index (χ2n) is 3.94. The van der Waals surface area contributed by atoms with Crippen LogP contribution in [-0.2, 0) is 5.11 Å². The van der Waals surface area contributed by atoms with Gasteiger partial charge in [0.05, 0.1) is 6.10 Å². The number of aliphatic hydroxyl groups excluding tert-OH is 1. The van der Waals surface area contributed by atoms with E-state index in [9.17, 15) is 5.11 Å². The highest BCUT2D eigenvalue weighted by Crippen LogP contribution is 2.10. The van der Waals surface area contributed by atoms with Gasteiger partial charge in [0, 0.05) is 0 Å². The first kappa shape index (κ1) is 13.9. The van der Waals surface area contributed by atoms with E-state index in [1.54, 1.807) is 0 Å². The molecule has 0 aromatic heterocycles. The van der Waals surface area contributed by atoms with Gasteiger partial charge >= 0.3 is 0 Å². The number of rotatable bonds is 10. The topological polar surface area (TPSA) is 40.1 Å². The van der Waals surface area contributed by atoms with Gasteiger partial charge in [-0.25, -0.2) is 5.11 Å². The molecule has 2 nitrogen and oxygen atoms in total. The van der Waals surface area contributed by atoms with Crippen LogP contribution in [0.15, 0.2) is 0 Å². The zero-order chi connectivity index (χ0) is 10.6. The maximum absolute atomic E-state index is 10.2. The second kappa shape index (κ2) is 11.0. The van der Waals surface area contributed by atoms with Crippen molar-refractivity contribution in [1.82, 2.24) is 0 Å². The molecule has 0 heterocycles. The normalized spacial score (nSPS) is 13.1. The van der Waals surface area contributed by atoms with Gasteiger partial charge in [0.15, 0.2) is 0 Å². The van der Waals surface area contributed by atoms with Crippen molar-refractivity contribution in [3.63, 3.8) is 0 Å². The summed E-state index contributed by atoms with van der Waals surface area (Å²) in [6, 6.07) is 0. The lowest BCUT2D eigenvalue weighted by Gasteiger charge is -2.05. The van der Waals surface area contributed by atoms with E-state index in [1.807, 2.05) is 0 Å². The average Bonchev–Trinajstić information content (AvgIpc) is 2.21. The van der Waals surface area contributed by atoms with Crippen LogP contribution in [0.2, 0.25) is 0 Å². The van der Waals surface area contributed by atoms with E-state index in [0.717, 1.165) is 19.3 Å². The summed E-state index contributed by atoms with van der Waals surface area (Å²) in [4.78, 5) is 0. The van der Waals surface area contributed by atoms with Gasteiger partial charge in [0.2, 0.25) is 0 Å². The largest absolute Gasteiger partial charge is 0.391 e. The van der Waals surface area contributed by atoms with Crippen molar-refractivity contribution in [2.75, 3.05) is 6.61 Å². The minimum absolute atomic E-state index is 0.344. The molecule has 0 aliphatic carbocycles. The molecule has 0 rings (SSSR count). The number of hydrogen-bond acceptors (Lipinski definition) is 1. The quantitative estimate of drug-likeness (QED) is 0.541. The van der Waals surface area contributed by atoms with E-state index >= 15 is 0 Å². The lowest BCUT2D eigenvalue weighted by molar-refractivity contribution is 0.0485. The molecule has 84 valence electrons. The monoisotopic (exact) mass is 200 g/mol. The summed E-state index contributed by atoms with van der Waals surface area (Å²) in [5, 5.41) is 19.2. The van der Waals surface area contributed by atoms with E-state index in [1.165, 1.54) is 32.1 Å².